The standard InChI is InChI=1S/C20H25ClN4O2/c1-22-20(24-11-10-15-4-3-5-17(21)14-15)25-13-12-23-19(26)16-6-8-18(27-2)9-7-16/h3-9,14H,10-13H2,1-2H3,(H,23,26)(H2,22,24,25). The first-order valence-corrected chi connectivity index (χ1v) is 9.11. The number of guanidine groups is 1. The molecule has 0 aromatic heterocycles. The number of nitrogens with zero attached hydrogens (tertiary/aromatic N) is 1. The molecule has 0 fully saturated rings. The van der Waals surface area contributed by atoms with Gasteiger partial charge >= 0.3 is 0 Å². The molecule has 7 heteroatoms. The fourth-order valence-corrected chi connectivity index (χ4v) is 2.65. The first-order valence-electron chi connectivity index (χ1n) is 8.73. The third-order valence-electron chi connectivity index (χ3n) is 3.87. The normalized spacial score (nSPS) is 11.0. The highest BCUT2D eigenvalue weighted by molar-refractivity contribution is 6.30. The maximum absolute atomic E-state index is 12.1. The summed E-state index contributed by atoms with van der Waals surface area (Å²) < 4.78 is 5.08. The van der Waals surface area contributed by atoms with Gasteiger partial charge in [0.1, 0.15) is 5.75 Å². The topological polar surface area (TPSA) is 74.8 Å². The van der Waals surface area contributed by atoms with Crippen LogP contribution >= 0.6 is 11.6 Å². The molecule has 0 bridgehead atoms. The molecule has 0 aliphatic heterocycles. The molecule has 0 radical (unpaired) electrons. The van der Waals surface area contributed by atoms with Gasteiger partial charge in [-0.3, -0.25) is 9.79 Å². The maximum Gasteiger partial charge on any atom is 0.251 e. The van der Waals surface area contributed by atoms with E-state index in [1.807, 2.05) is 24.3 Å². The highest BCUT2D eigenvalue weighted by Crippen LogP contribution is 2.11. The Morgan fingerprint density at radius 3 is 2.41 bits per heavy atom. The van der Waals surface area contributed by atoms with Crippen LogP contribution in [0.1, 0.15) is 15.9 Å². The number of rotatable bonds is 8. The van der Waals surface area contributed by atoms with E-state index >= 15 is 0 Å². The Kier molecular flexibility index (Phi) is 8.45. The van der Waals surface area contributed by atoms with Crippen LogP contribution in [0, 0.1) is 0 Å². The summed E-state index contributed by atoms with van der Waals surface area (Å²) in [5.41, 5.74) is 1.76. The molecule has 0 unspecified atom stereocenters. The largest absolute Gasteiger partial charge is 0.497 e. The van der Waals surface area contributed by atoms with E-state index in [1.165, 1.54) is 0 Å². The van der Waals surface area contributed by atoms with Crippen molar-refractivity contribution in [2.75, 3.05) is 33.8 Å². The number of hydrogen-bond donors (Lipinski definition) is 3. The number of carbonyl (C=O) groups excluding carboxylic acids is 1. The quantitative estimate of drug-likeness (QED) is 0.369. The number of ether oxygens (including phenoxy) is 1. The van der Waals surface area contributed by atoms with Crippen LogP contribution in [-0.4, -0.2) is 45.7 Å². The van der Waals surface area contributed by atoms with E-state index in [4.69, 9.17) is 16.3 Å². The van der Waals surface area contributed by atoms with E-state index in [1.54, 1.807) is 38.4 Å². The number of halogens is 1. The van der Waals surface area contributed by atoms with Crippen molar-refractivity contribution >= 4 is 23.5 Å². The van der Waals surface area contributed by atoms with Crippen LogP contribution in [-0.2, 0) is 6.42 Å². The Balaban J connectivity index is 1.66. The lowest BCUT2D eigenvalue weighted by molar-refractivity contribution is 0.0954. The highest BCUT2D eigenvalue weighted by Gasteiger charge is 2.05. The summed E-state index contributed by atoms with van der Waals surface area (Å²) >= 11 is 5.99. The van der Waals surface area contributed by atoms with E-state index in [-0.39, 0.29) is 5.91 Å². The Morgan fingerprint density at radius 2 is 1.74 bits per heavy atom. The number of carbonyl (C=O) groups is 1. The Hall–Kier alpha value is -2.73. The second kappa shape index (κ2) is 11.1. The van der Waals surface area contributed by atoms with Gasteiger partial charge in [-0.2, -0.15) is 0 Å². The SMILES string of the molecule is CN=C(NCCNC(=O)c1ccc(OC)cc1)NCCc1cccc(Cl)c1. The zero-order chi connectivity index (χ0) is 19.5. The van der Waals surface area contributed by atoms with Crippen LogP contribution in [0.15, 0.2) is 53.5 Å². The Bertz CT molecular complexity index is 763. The summed E-state index contributed by atoms with van der Waals surface area (Å²) in [5.74, 6) is 1.29. The molecule has 0 saturated carbocycles. The van der Waals surface area contributed by atoms with Crippen LogP contribution in [0.25, 0.3) is 0 Å². The van der Waals surface area contributed by atoms with Crippen LogP contribution in [0.4, 0.5) is 0 Å². The number of nitrogens with one attached hydrogen (secondary N) is 3. The molecular weight excluding hydrogens is 364 g/mol. The molecule has 144 valence electrons. The summed E-state index contributed by atoms with van der Waals surface area (Å²) in [6, 6.07) is 14.8. The average molecular weight is 389 g/mol. The number of hydrogen-bond acceptors (Lipinski definition) is 3. The van der Waals surface area contributed by atoms with Crippen molar-refractivity contribution in [1.82, 2.24) is 16.0 Å². The van der Waals surface area contributed by atoms with Crippen molar-refractivity contribution < 1.29 is 9.53 Å². The van der Waals surface area contributed by atoms with Gasteiger partial charge in [0.25, 0.3) is 5.91 Å². The molecule has 0 atom stereocenters. The lowest BCUT2D eigenvalue weighted by Crippen LogP contribution is -2.42. The minimum absolute atomic E-state index is 0.122. The lowest BCUT2D eigenvalue weighted by atomic mass is 10.1. The van der Waals surface area contributed by atoms with Crippen LogP contribution < -0.4 is 20.7 Å². The first-order chi connectivity index (χ1) is 13.1. The molecule has 2 aromatic carbocycles. The monoisotopic (exact) mass is 388 g/mol. The second-order valence-corrected chi connectivity index (χ2v) is 6.23. The molecule has 0 spiro atoms. The van der Waals surface area contributed by atoms with E-state index in [9.17, 15) is 4.79 Å². The van der Waals surface area contributed by atoms with Gasteiger partial charge in [0.15, 0.2) is 5.96 Å². The molecule has 1 amide bonds. The van der Waals surface area contributed by atoms with Crippen molar-refractivity contribution in [3.05, 3.63) is 64.7 Å². The van der Waals surface area contributed by atoms with E-state index in [2.05, 4.69) is 20.9 Å². The fourth-order valence-electron chi connectivity index (χ4n) is 2.44. The van der Waals surface area contributed by atoms with Gasteiger partial charge in [0.05, 0.1) is 7.11 Å². The summed E-state index contributed by atoms with van der Waals surface area (Å²) in [6.07, 6.45) is 0.843. The predicted molar refractivity (Wildman–Crippen MR) is 110 cm³/mol. The van der Waals surface area contributed by atoms with Crippen LogP contribution in [0.5, 0.6) is 5.75 Å². The fraction of sp³-hybridized carbons (Fsp3) is 0.300. The van der Waals surface area contributed by atoms with Gasteiger partial charge in [0.2, 0.25) is 0 Å². The second-order valence-electron chi connectivity index (χ2n) is 5.79. The lowest BCUT2D eigenvalue weighted by Gasteiger charge is -2.12. The summed E-state index contributed by atoms with van der Waals surface area (Å²) in [5, 5.41) is 10.0. The summed E-state index contributed by atoms with van der Waals surface area (Å²) in [7, 11) is 3.31. The molecule has 3 N–H and O–H groups in total. The molecule has 0 aliphatic rings. The summed E-state index contributed by atoms with van der Waals surface area (Å²) in [4.78, 5) is 16.3. The minimum Gasteiger partial charge on any atom is -0.497 e. The van der Waals surface area contributed by atoms with Crippen molar-refractivity contribution in [1.29, 1.82) is 0 Å². The molecule has 0 saturated heterocycles. The summed E-state index contributed by atoms with van der Waals surface area (Å²) in [6.45, 7) is 1.79. The van der Waals surface area contributed by atoms with Gasteiger partial charge in [-0.25, -0.2) is 0 Å². The molecule has 0 heterocycles. The van der Waals surface area contributed by atoms with Gasteiger partial charge < -0.3 is 20.7 Å². The zero-order valence-electron chi connectivity index (χ0n) is 15.6. The van der Waals surface area contributed by atoms with E-state index < -0.39 is 0 Å². The number of amides is 1. The number of aliphatic imine (C=N–C) groups is 1. The molecule has 6 nitrogen and oxygen atoms in total. The van der Waals surface area contributed by atoms with Gasteiger partial charge in [0, 0.05) is 37.3 Å². The molecule has 2 rings (SSSR count). The van der Waals surface area contributed by atoms with E-state index in [0.29, 0.717) is 24.6 Å². The highest BCUT2D eigenvalue weighted by atomic mass is 35.5. The van der Waals surface area contributed by atoms with Crippen molar-refractivity contribution in [2.45, 2.75) is 6.42 Å². The van der Waals surface area contributed by atoms with Gasteiger partial charge in [-0.15, -0.1) is 0 Å². The predicted octanol–water partition coefficient (Wildman–Crippen LogP) is 2.49. The third kappa shape index (κ3) is 7.19. The Morgan fingerprint density at radius 1 is 1.04 bits per heavy atom. The van der Waals surface area contributed by atoms with Gasteiger partial charge in [-0.05, 0) is 48.4 Å². The van der Waals surface area contributed by atoms with Crippen LogP contribution in [0.3, 0.4) is 0 Å². The number of methoxy groups -OCH3 is 1. The number of benzene rings is 2. The first kappa shape index (κ1) is 20.6. The molecule has 2 aromatic rings. The third-order valence-corrected chi connectivity index (χ3v) is 4.11. The van der Waals surface area contributed by atoms with Crippen molar-refractivity contribution in [3.63, 3.8) is 0 Å². The molecular formula is C20H25ClN4O2. The zero-order valence-corrected chi connectivity index (χ0v) is 16.3. The van der Waals surface area contributed by atoms with E-state index in [0.717, 1.165) is 29.3 Å². The van der Waals surface area contributed by atoms with Crippen LogP contribution in [0.2, 0.25) is 5.02 Å². The average Bonchev–Trinajstić information content (AvgIpc) is 2.69. The minimum atomic E-state index is -0.122. The maximum atomic E-state index is 12.1. The van der Waals surface area contributed by atoms with Gasteiger partial charge in [-0.1, -0.05) is 23.7 Å². The van der Waals surface area contributed by atoms with Crippen molar-refractivity contribution in [2.24, 2.45) is 4.99 Å². The van der Waals surface area contributed by atoms with Crippen molar-refractivity contribution in [3.8, 4) is 5.75 Å². The molecule has 27 heavy (non-hydrogen) atoms. The smallest absolute Gasteiger partial charge is 0.251 e. The Labute approximate surface area is 165 Å². The molecule has 0 aliphatic carbocycles.